The van der Waals surface area contributed by atoms with Gasteiger partial charge in [-0.25, -0.2) is 0 Å². The van der Waals surface area contributed by atoms with Crippen LogP contribution >= 0.6 is 11.6 Å². The number of benzene rings is 1. The highest BCUT2D eigenvalue weighted by atomic mass is 35.5. The molecule has 1 aromatic carbocycles. The van der Waals surface area contributed by atoms with Gasteiger partial charge in [-0.3, -0.25) is 9.59 Å². The molecule has 2 fully saturated rings. The number of carbonyl (C=O) groups is 2. The molecule has 4 nitrogen and oxygen atoms in total. The minimum Gasteiger partial charge on any atom is -0.349 e. The average molecular weight is 307 g/mol. The summed E-state index contributed by atoms with van der Waals surface area (Å²) in [6, 6.07) is 7.03. The molecule has 1 aliphatic heterocycles. The molecule has 0 aromatic heterocycles. The molecule has 3 rings (SSSR count). The Labute approximate surface area is 129 Å². The standard InChI is InChI=1S/C16H19ClN2O2/c17-13-5-3-11(4-6-13)15(20)18-14-7-9-19(10-8-14)16(21)12-1-2-12/h3-6,12,14H,1-2,7-10H2,(H,18,20). The Morgan fingerprint density at radius 3 is 2.24 bits per heavy atom. The first-order valence-electron chi connectivity index (χ1n) is 7.49. The number of amides is 2. The summed E-state index contributed by atoms with van der Waals surface area (Å²) in [7, 11) is 0. The zero-order valence-electron chi connectivity index (χ0n) is 11.8. The monoisotopic (exact) mass is 306 g/mol. The third kappa shape index (κ3) is 3.56. The molecule has 1 heterocycles. The number of halogens is 1. The van der Waals surface area contributed by atoms with E-state index in [2.05, 4.69) is 5.32 Å². The van der Waals surface area contributed by atoms with Crippen LogP contribution in [0.4, 0.5) is 0 Å². The Bertz CT molecular complexity index is 532. The van der Waals surface area contributed by atoms with E-state index in [-0.39, 0.29) is 17.9 Å². The fourth-order valence-corrected chi connectivity index (χ4v) is 2.83. The fraction of sp³-hybridized carbons (Fsp3) is 0.500. The Hall–Kier alpha value is -1.55. The SMILES string of the molecule is O=C(NC1CCN(C(=O)C2CC2)CC1)c1ccc(Cl)cc1. The first kappa shape index (κ1) is 14.4. The van der Waals surface area contributed by atoms with Crippen LogP contribution in [0.3, 0.4) is 0 Å². The predicted octanol–water partition coefficient (Wildman–Crippen LogP) is 2.47. The number of piperidine rings is 1. The van der Waals surface area contributed by atoms with Crippen LogP contribution in [0, 0.1) is 5.92 Å². The van der Waals surface area contributed by atoms with Gasteiger partial charge in [0.25, 0.3) is 5.91 Å². The van der Waals surface area contributed by atoms with Crippen LogP contribution in [0.2, 0.25) is 5.02 Å². The number of nitrogens with one attached hydrogen (secondary N) is 1. The number of rotatable bonds is 3. The van der Waals surface area contributed by atoms with Crippen LogP contribution < -0.4 is 5.32 Å². The van der Waals surface area contributed by atoms with Crippen molar-refractivity contribution in [1.82, 2.24) is 10.2 Å². The predicted molar refractivity (Wildman–Crippen MR) is 81.2 cm³/mol. The summed E-state index contributed by atoms with van der Waals surface area (Å²) in [5.41, 5.74) is 0.621. The van der Waals surface area contributed by atoms with Crippen LogP contribution in [0.25, 0.3) is 0 Å². The Morgan fingerprint density at radius 2 is 1.67 bits per heavy atom. The Morgan fingerprint density at radius 1 is 1.05 bits per heavy atom. The fourth-order valence-electron chi connectivity index (χ4n) is 2.70. The molecule has 1 N–H and O–H groups in total. The van der Waals surface area contributed by atoms with Crippen LogP contribution in [-0.4, -0.2) is 35.8 Å². The van der Waals surface area contributed by atoms with Gasteiger partial charge in [0.05, 0.1) is 0 Å². The van der Waals surface area contributed by atoms with Crippen molar-refractivity contribution in [2.45, 2.75) is 31.7 Å². The van der Waals surface area contributed by atoms with E-state index in [1.165, 1.54) is 0 Å². The van der Waals surface area contributed by atoms with Gasteiger partial charge in [-0.1, -0.05) is 11.6 Å². The lowest BCUT2D eigenvalue weighted by atomic mass is 10.0. The summed E-state index contributed by atoms with van der Waals surface area (Å²) in [4.78, 5) is 26.0. The van der Waals surface area contributed by atoms with Crippen molar-refractivity contribution in [3.63, 3.8) is 0 Å². The molecule has 2 amide bonds. The number of nitrogens with zero attached hydrogens (tertiary/aromatic N) is 1. The molecule has 1 saturated carbocycles. The van der Waals surface area contributed by atoms with E-state index in [4.69, 9.17) is 11.6 Å². The zero-order chi connectivity index (χ0) is 14.8. The highest BCUT2D eigenvalue weighted by molar-refractivity contribution is 6.30. The van der Waals surface area contributed by atoms with Crippen molar-refractivity contribution in [3.8, 4) is 0 Å². The van der Waals surface area contributed by atoms with E-state index in [1.54, 1.807) is 24.3 Å². The van der Waals surface area contributed by atoms with Crippen LogP contribution in [0.15, 0.2) is 24.3 Å². The molecule has 0 radical (unpaired) electrons. The minimum absolute atomic E-state index is 0.0707. The highest BCUT2D eigenvalue weighted by Gasteiger charge is 2.35. The van der Waals surface area contributed by atoms with Gasteiger partial charge in [-0.2, -0.15) is 0 Å². The summed E-state index contributed by atoms with van der Waals surface area (Å²) in [5.74, 6) is 0.515. The summed E-state index contributed by atoms with van der Waals surface area (Å²) < 4.78 is 0. The van der Waals surface area contributed by atoms with Gasteiger partial charge >= 0.3 is 0 Å². The molecule has 112 valence electrons. The Kier molecular flexibility index (Phi) is 4.15. The van der Waals surface area contributed by atoms with Gasteiger partial charge in [0.15, 0.2) is 0 Å². The van der Waals surface area contributed by atoms with Gasteiger partial charge in [0, 0.05) is 35.6 Å². The maximum atomic E-state index is 12.1. The lowest BCUT2D eigenvalue weighted by Crippen LogP contribution is -2.47. The molecular weight excluding hydrogens is 288 g/mol. The lowest BCUT2D eigenvalue weighted by molar-refractivity contribution is -0.133. The molecule has 21 heavy (non-hydrogen) atoms. The van der Waals surface area contributed by atoms with Crippen LogP contribution in [0.1, 0.15) is 36.0 Å². The molecule has 1 saturated heterocycles. The molecule has 0 unspecified atom stereocenters. The smallest absolute Gasteiger partial charge is 0.251 e. The minimum atomic E-state index is -0.0707. The normalized spacial score (nSPS) is 19.4. The van der Waals surface area contributed by atoms with E-state index in [0.29, 0.717) is 16.5 Å². The highest BCUT2D eigenvalue weighted by Crippen LogP contribution is 2.31. The summed E-state index contributed by atoms with van der Waals surface area (Å²) in [6.07, 6.45) is 3.76. The van der Waals surface area contributed by atoms with Crippen molar-refractivity contribution in [3.05, 3.63) is 34.9 Å². The third-order valence-corrected chi connectivity index (χ3v) is 4.43. The average Bonchev–Trinajstić information content (AvgIpc) is 3.32. The maximum absolute atomic E-state index is 12.1. The first-order valence-corrected chi connectivity index (χ1v) is 7.86. The van der Waals surface area contributed by atoms with Crippen molar-refractivity contribution in [2.75, 3.05) is 13.1 Å². The Balaban J connectivity index is 1.49. The number of carbonyl (C=O) groups excluding carboxylic acids is 2. The van der Waals surface area contributed by atoms with Crippen LogP contribution in [-0.2, 0) is 4.79 Å². The van der Waals surface area contributed by atoms with Gasteiger partial charge in [-0.05, 0) is 49.9 Å². The second-order valence-electron chi connectivity index (χ2n) is 5.85. The third-order valence-electron chi connectivity index (χ3n) is 4.17. The van der Waals surface area contributed by atoms with E-state index in [1.807, 2.05) is 4.90 Å². The maximum Gasteiger partial charge on any atom is 0.251 e. The molecule has 1 aliphatic carbocycles. The first-order chi connectivity index (χ1) is 10.1. The largest absolute Gasteiger partial charge is 0.349 e. The second-order valence-corrected chi connectivity index (χ2v) is 6.29. The molecule has 5 heteroatoms. The molecule has 1 aromatic rings. The summed E-state index contributed by atoms with van der Waals surface area (Å²) in [5, 5.41) is 3.66. The topological polar surface area (TPSA) is 49.4 Å². The van der Waals surface area contributed by atoms with Crippen molar-refractivity contribution >= 4 is 23.4 Å². The van der Waals surface area contributed by atoms with Crippen molar-refractivity contribution < 1.29 is 9.59 Å². The van der Waals surface area contributed by atoms with Gasteiger partial charge in [0.1, 0.15) is 0 Å². The second kappa shape index (κ2) is 6.06. The van der Waals surface area contributed by atoms with Gasteiger partial charge < -0.3 is 10.2 Å². The van der Waals surface area contributed by atoms with Gasteiger partial charge in [0.2, 0.25) is 5.91 Å². The number of hydrogen-bond acceptors (Lipinski definition) is 2. The summed E-state index contributed by atoms with van der Waals surface area (Å²) in [6.45, 7) is 1.50. The quantitative estimate of drug-likeness (QED) is 0.932. The summed E-state index contributed by atoms with van der Waals surface area (Å²) >= 11 is 5.82. The molecule has 0 bridgehead atoms. The molecule has 2 aliphatic rings. The van der Waals surface area contributed by atoms with Crippen molar-refractivity contribution in [2.24, 2.45) is 5.92 Å². The van der Waals surface area contributed by atoms with E-state index in [9.17, 15) is 9.59 Å². The number of likely N-dealkylation sites (tertiary alicyclic amines) is 1. The molecule has 0 spiro atoms. The molecule has 0 atom stereocenters. The van der Waals surface area contributed by atoms with Crippen LogP contribution in [0.5, 0.6) is 0 Å². The molecular formula is C16H19ClN2O2. The van der Waals surface area contributed by atoms with Gasteiger partial charge in [-0.15, -0.1) is 0 Å². The van der Waals surface area contributed by atoms with E-state index >= 15 is 0 Å². The number of hydrogen-bond donors (Lipinski definition) is 1. The van der Waals surface area contributed by atoms with E-state index < -0.39 is 0 Å². The zero-order valence-corrected chi connectivity index (χ0v) is 12.6. The van der Waals surface area contributed by atoms with Crippen molar-refractivity contribution in [1.29, 1.82) is 0 Å². The lowest BCUT2D eigenvalue weighted by Gasteiger charge is -2.32. The van der Waals surface area contributed by atoms with E-state index in [0.717, 1.165) is 38.8 Å².